The standard InChI is InChI=1S/C21H21N3O4/c1-13-8-14(2)10-16(9-13)28-12-20(26)23-22-19(25)11-24-15(3)17-6-4-5-7-18(17)21(24)27/h4-10H,3,11-12H2,1-2H3,(H,22,25)(H,23,26). The van der Waals surface area contributed by atoms with E-state index < -0.39 is 11.8 Å². The maximum absolute atomic E-state index is 12.4. The van der Waals surface area contributed by atoms with Crippen LogP contribution in [-0.2, 0) is 9.59 Å². The topological polar surface area (TPSA) is 87.7 Å². The van der Waals surface area contributed by atoms with Crippen molar-refractivity contribution in [1.29, 1.82) is 0 Å². The third kappa shape index (κ3) is 4.20. The van der Waals surface area contributed by atoms with Gasteiger partial charge in [-0.3, -0.25) is 30.1 Å². The Labute approximate surface area is 163 Å². The predicted molar refractivity (Wildman–Crippen MR) is 104 cm³/mol. The molecule has 0 radical (unpaired) electrons. The maximum Gasteiger partial charge on any atom is 0.276 e. The number of amides is 3. The molecule has 0 atom stereocenters. The number of aryl methyl sites for hydroxylation is 2. The Bertz CT molecular complexity index is 913. The average molecular weight is 379 g/mol. The molecule has 0 saturated heterocycles. The van der Waals surface area contributed by atoms with Crippen LogP contribution in [0.25, 0.3) is 5.70 Å². The average Bonchev–Trinajstić information content (AvgIpc) is 2.89. The Morgan fingerprint density at radius 2 is 1.61 bits per heavy atom. The Morgan fingerprint density at radius 3 is 2.25 bits per heavy atom. The van der Waals surface area contributed by atoms with E-state index in [1.165, 1.54) is 4.90 Å². The van der Waals surface area contributed by atoms with Crippen LogP contribution in [0.15, 0.2) is 49.0 Å². The molecule has 1 heterocycles. The van der Waals surface area contributed by atoms with Crippen molar-refractivity contribution in [3.63, 3.8) is 0 Å². The molecular weight excluding hydrogens is 358 g/mol. The SMILES string of the molecule is C=C1c2ccccc2C(=O)N1CC(=O)NNC(=O)COc1cc(C)cc(C)c1. The van der Waals surface area contributed by atoms with Crippen molar-refractivity contribution in [2.24, 2.45) is 0 Å². The molecule has 7 nitrogen and oxygen atoms in total. The Morgan fingerprint density at radius 1 is 1.00 bits per heavy atom. The number of nitrogens with zero attached hydrogens (tertiary/aromatic N) is 1. The minimum absolute atomic E-state index is 0.245. The third-order valence-corrected chi connectivity index (χ3v) is 4.25. The summed E-state index contributed by atoms with van der Waals surface area (Å²) in [5.74, 6) is -0.764. The molecule has 3 rings (SSSR count). The molecule has 0 fully saturated rings. The van der Waals surface area contributed by atoms with Gasteiger partial charge in [0.1, 0.15) is 12.3 Å². The molecule has 7 heteroatoms. The van der Waals surface area contributed by atoms with Gasteiger partial charge >= 0.3 is 0 Å². The lowest BCUT2D eigenvalue weighted by Crippen LogP contribution is -2.47. The van der Waals surface area contributed by atoms with Gasteiger partial charge in [-0.15, -0.1) is 0 Å². The number of hydrazine groups is 1. The molecule has 2 aromatic carbocycles. The predicted octanol–water partition coefficient (Wildman–Crippen LogP) is 1.96. The number of rotatable bonds is 5. The lowest BCUT2D eigenvalue weighted by molar-refractivity contribution is -0.130. The van der Waals surface area contributed by atoms with Gasteiger partial charge in [-0.1, -0.05) is 30.8 Å². The van der Waals surface area contributed by atoms with Gasteiger partial charge in [0.2, 0.25) is 0 Å². The van der Waals surface area contributed by atoms with Crippen LogP contribution >= 0.6 is 0 Å². The van der Waals surface area contributed by atoms with Gasteiger partial charge in [-0.25, -0.2) is 0 Å². The molecule has 0 aliphatic carbocycles. The molecule has 144 valence electrons. The fourth-order valence-corrected chi connectivity index (χ4v) is 3.03. The molecule has 2 N–H and O–H groups in total. The number of benzene rings is 2. The molecule has 0 saturated carbocycles. The number of hydrogen-bond donors (Lipinski definition) is 2. The number of carbonyl (C=O) groups excluding carboxylic acids is 3. The first-order valence-corrected chi connectivity index (χ1v) is 8.74. The van der Waals surface area contributed by atoms with Gasteiger partial charge < -0.3 is 4.74 Å². The highest BCUT2D eigenvalue weighted by Gasteiger charge is 2.31. The fourth-order valence-electron chi connectivity index (χ4n) is 3.03. The highest BCUT2D eigenvalue weighted by atomic mass is 16.5. The fraction of sp³-hybridized carbons (Fsp3) is 0.190. The van der Waals surface area contributed by atoms with E-state index in [9.17, 15) is 14.4 Å². The first-order chi connectivity index (χ1) is 13.3. The minimum Gasteiger partial charge on any atom is -0.484 e. The lowest BCUT2D eigenvalue weighted by Gasteiger charge is -2.17. The number of ether oxygens (including phenoxy) is 1. The summed E-state index contributed by atoms with van der Waals surface area (Å²) in [6, 6.07) is 12.7. The summed E-state index contributed by atoms with van der Waals surface area (Å²) in [4.78, 5) is 37.6. The van der Waals surface area contributed by atoms with Gasteiger partial charge in [0.05, 0.1) is 0 Å². The first kappa shape index (κ1) is 19.2. The molecule has 3 amide bonds. The van der Waals surface area contributed by atoms with E-state index in [4.69, 9.17) is 4.74 Å². The van der Waals surface area contributed by atoms with Crippen molar-refractivity contribution in [2.75, 3.05) is 13.2 Å². The monoisotopic (exact) mass is 379 g/mol. The summed E-state index contributed by atoms with van der Waals surface area (Å²) in [6.07, 6.45) is 0. The number of hydrogen-bond acceptors (Lipinski definition) is 4. The van der Waals surface area contributed by atoms with Crippen LogP contribution in [0, 0.1) is 13.8 Å². The summed E-state index contributed by atoms with van der Waals surface area (Å²) in [6.45, 7) is 7.25. The molecular formula is C21H21N3O4. The molecule has 0 aromatic heterocycles. The maximum atomic E-state index is 12.4. The van der Waals surface area contributed by atoms with Crippen molar-refractivity contribution < 1.29 is 19.1 Å². The largest absolute Gasteiger partial charge is 0.484 e. The van der Waals surface area contributed by atoms with Gasteiger partial charge in [-0.05, 0) is 43.2 Å². The van der Waals surface area contributed by atoms with Crippen LogP contribution < -0.4 is 15.6 Å². The van der Waals surface area contributed by atoms with E-state index >= 15 is 0 Å². The summed E-state index contributed by atoms with van der Waals surface area (Å²) in [5.41, 5.74) is 8.28. The van der Waals surface area contributed by atoms with Crippen LogP contribution in [0.5, 0.6) is 5.75 Å². The normalized spacial score (nSPS) is 12.6. The Hall–Kier alpha value is -3.61. The van der Waals surface area contributed by atoms with Crippen LogP contribution in [-0.4, -0.2) is 35.8 Å². The van der Waals surface area contributed by atoms with E-state index in [1.54, 1.807) is 24.3 Å². The van der Waals surface area contributed by atoms with E-state index in [0.29, 0.717) is 22.6 Å². The summed E-state index contributed by atoms with van der Waals surface area (Å²) >= 11 is 0. The molecule has 0 bridgehead atoms. The van der Waals surface area contributed by atoms with E-state index in [0.717, 1.165) is 11.1 Å². The van der Waals surface area contributed by atoms with Crippen molar-refractivity contribution in [1.82, 2.24) is 15.8 Å². The van der Waals surface area contributed by atoms with Gasteiger partial charge in [0.25, 0.3) is 17.7 Å². The summed E-state index contributed by atoms with van der Waals surface area (Å²) in [7, 11) is 0. The van der Waals surface area contributed by atoms with Gasteiger partial charge in [0.15, 0.2) is 6.61 Å². The molecule has 1 aliphatic rings. The zero-order valence-corrected chi connectivity index (χ0v) is 15.7. The van der Waals surface area contributed by atoms with Crippen molar-refractivity contribution in [3.05, 3.63) is 71.3 Å². The second-order valence-corrected chi connectivity index (χ2v) is 6.59. The number of carbonyl (C=O) groups is 3. The highest BCUT2D eigenvalue weighted by molar-refractivity contribution is 6.10. The number of fused-ring (bicyclic) bond motifs is 1. The van der Waals surface area contributed by atoms with Crippen molar-refractivity contribution in [3.8, 4) is 5.75 Å². The molecule has 1 aliphatic heterocycles. The summed E-state index contributed by atoms with van der Waals surface area (Å²) in [5, 5.41) is 0. The van der Waals surface area contributed by atoms with Crippen LogP contribution in [0.4, 0.5) is 0 Å². The minimum atomic E-state index is -0.540. The van der Waals surface area contributed by atoms with Crippen LogP contribution in [0.1, 0.15) is 27.0 Å². The smallest absolute Gasteiger partial charge is 0.276 e. The second kappa shape index (κ2) is 7.96. The van der Waals surface area contributed by atoms with Gasteiger partial charge in [-0.2, -0.15) is 0 Å². The van der Waals surface area contributed by atoms with Gasteiger partial charge in [0, 0.05) is 16.8 Å². The molecule has 2 aromatic rings. The van der Waals surface area contributed by atoms with E-state index in [2.05, 4.69) is 17.4 Å². The summed E-state index contributed by atoms with van der Waals surface area (Å²) < 4.78 is 5.43. The first-order valence-electron chi connectivity index (χ1n) is 8.74. The Balaban J connectivity index is 1.47. The van der Waals surface area contributed by atoms with Crippen LogP contribution in [0.2, 0.25) is 0 Å². The Kier molecular flexibility index (Phi) is 5.44. The molecule has 28 heavy (non-hydrogen) atoms. The third-order valence-electron chi connectivity index (χ3n) is 4.25. The van der Waals surface area contributed by atoms with Crippen LogP contribution in [0.3, 0.4) is 0 Å². The zero-order chi connectivity index (χ0) is 20.3. The molecule has 0 spiro atoms. The quantitative estimate of drug-likeness (QED) is 0.778. The van der Waals surface area contributed by atoms with Crippen molar-refractivity contribution >= 4 is 23.4 Å². The van der Waals surface area contributed by atoms with E-state index in [1.807, 2.05) is 32.0 Å². The second-order valence-electron chi connectivity index (χ2n) is 6.59. The lowest BCUT2D eigenvalue weighted by atomic mass is 10.1. The zero-order valence-electron chi connectivity index (χ0n) is 15.7. The van der Waals surface area contributed by atoms with Crippen molar-refractivity contribution in [2.45, 2.75) is 13.8 Å². The number of nitrogens with one attached hydrogen (secondary N) is 2. The highest BCUT2D eigenvalue weighted by Crippen LogP contribution is 2.30. The molecule has 0 unspecified atom stereocenters. The van der Waals surface area contributed by atoms with E-state index in [-0.39, 0.29) is 19.1 Å².